The Balaban J connectivity index is 2.52. The van der Waals surface area contributed by atoms with E-state index in [9.17, 15) is 9.59 Å². The van der Waals surface area contributed by atoms with Crippen LogP contribution in [0, 0.1) is 0 Å². The Bertz CT molecular complexity index is 687. The van der Waals surface area contributed by atoms with Gasteiger partial charge in [-0.15, -0.1) is 0 Å². The molecular weight excluding hydrogens is 328 g/mol. The van der Waals surface area contributed by atoms with E-state index in [0.29, 0.717) is 30.2 Å². The molecule has 7 heteroatoms. The van der Waals surface area contributed by atoms with Crippen LogP contribution >= 0.6 is 12.2 Å². The van der Waals surface area contributed by atoms with Gasteiger partial charge in [-0.3, -0.25) is 19.4 Å². The molecule has 1 aliphatic heterocycles. The van der Waals surface area contributed by atoms with Crippen LogP contribution in [0.2, 0.25) is 0 Å². The molecule has 0 N–H and O–H groups in total. The lowest BCUT2D eigenvalue weighted by molar-refractivity contribution is -0.133. The highest BCUT2D eigenvalue weighted by Gasteiger charge is 2.37. The molecule has 1 aliphatic rings. The minimum atomic E-state index is -0.393. The van der Waals surface area contributed by atoms with Gasteiger partial charge in [0.1, 0.15) is 17.1 Å². The van der Waals surface area contributed by atoms with Crippen LogP contribution in [-0.2, 0) is 9.59 Å². The van der Waals surface area contributed by atoms with E-state index < -0.39 is 11.8 Å². The lowest BCUT2D eigenvalue weighted by Crippen LogP contribution is -2.55. The third kappa shape index (κ3) is 3.12. The minimum absolute atomic E-state index is 0.0655. The van der Waals surface area contributed by atoms with Crippen LogP contribution in [0.4, 0.5) is 0 Å². The van der Waals surface area contributed by atoms with Crippen molar-refractivity contribution < 1.29 is 19.1 Å². The number of likely N-dealkylation sites (N-methyl/N-ethyl adjacent to an activating group) is 2. The van der Waals surface area contributed by atoms with E-state index in [1.807, 2.05) is 13.8 Å². The zero-order chi connectivity index (χ0) is 17.9. The second-order valence-electron chi connectivity index (χ2n) is 5.05. The predicted octanol–water partition coefficient (Wildman–Crippen LogP) is 2.08. The summed E-state index contributed by atoms with van der Waals surface area (Å²) in [7, 11) is 3.08. The highest BCUT2D eigenvalue weighted by molar-refractivity contribution is 7.80. The normalized spacial score (nSPS) is 15.0. The molecule has 0 atom stereocenters. The van der Waals surface area contributed by atoms with E-state index in [0.717, 1.165) is 0 Å². The number of thiocarbonyl (C=S) groups is 1. The zero-order valence-corrected chi connectivity index (χ0v) is 15.0. The molecule has 0 spiro atoms. The molecule has 0 bridgehead atoms. The summed E-state index contributed by atoms with van der Waals surface area (Å²) < 4.78 is 10.5. The van der Waals surface area contributed by atoms with Crippen molar-refractivity contribution in [3.05, 3.63) is 29.3 Å². The molecule has 1 aromatic carbocycles. The van der Waals surface area contributed by atoms with Crippen molar-refractivity contribution in [2.45, 2.75) is 13.8 Å². The van der Waals surface area contributed by atoms with Gasteiger partial charge in [0.25, 0.3) is 11.8 Å². The van der Waals surface area contributed by atoms with Gasteiger partial charge >= 0.3 is 0 Å². The van der Waals surface area contributed by atoms with Crippen molar-refractivity contribution in [3.63, 3.8) is 0 Å². The first-order chi connectivity index (χ1) is 11.5. The van der Waals surface area contributed by atoms with Crippen LogP contribution in [0.1, 0.15) is 19.4 Å². The second kappa shape index (κ2) is 7.44. The van der Waals surface area contributed by atoms with Crippen LogP contribution in [0.5, 0.6) is 11.5 Å². The highest BCUT2D eigenvalue weighted by atomic mass is 32.1. The van der Waals surface area contributed by atoms with Crippen LogP contribution in [0.3, 0.4) is 0 Å². The van der Waals surface area contributed by atoms with Crippen molar-refractivity contribution in [2.75, 3.05) is 27.3 Å². The van der Waals surface area contributed by atoms with E-state index in [2.05, 4.69) is 0 Å². The minimum Gasteiger partial charge on any atom is -0.497 e. The fraction of sp³-hybridized carbons (Fsp3) is 0.353. The van der Waals surface area contributed by atoms with Gasteiger partial charge in [-0.05, 0) is 44.3 Å². The third-order valence-electron chi connectivity index (χ3n) is 3.79. The van der Waals surface area contributed by atoms with Crippen molar-refractivity contribution >= 4 is 35.2 Å². The number of ether oxygens (including phenoxy) is 2. The Hall–Kier alpha value is -2.41. The maximum atomic E-state index is 12.6. The van der Waals surface area contributed by atoms with Crippen molar-refractivity contribution in [1.82, 2.24) is 9.80 Å². The number of methoxy groups -OCH3 is 2. The van der Waals surface area contributed by atoms with Gasteiger partial charge in [-0.1, -0.05) is 0 Å². The summed E-state index contributed by atoms with van der Waals surface area (Å²) in [5.74, 6) is 0.355. The maximum absolute atomic E-state index is 12.6. The molecule has 1 aromatic rings. The first-order valence-electron chi connectivity index (χ1n) is 7.59. The molecule has 2 rings (SSSR count). The van der Waals surface area contributed by atoms with E-state index in [1.165, 1.54) is 23.0 Å². The lowest BCUT2D eigenvalue weighted by Gasteiger charge is -2.35. The molecule has 1 saturated heterocycles. The topological polar surface area (TPSA) is 59.1 Å². The molecule has 6 nitrogen and oxygen atoms in total. The molecule has 24 heavy (non-hydrogen) atoms. The number of rotatable bonds is 5. The number of carbonyl (C=O) groups is 2. The van der Waals surface area contributed by atoms with E-state index in [4.69, 9.17) is 21.7 Å². The smallest absolute Gasteiger partial charge is 0.265 e. The summed E-state index contributed by atoms with van der Waals surface area (Å²) in [6.07, 6.45) is 1.54. The van der Waals surface area contributed by atoms with Gasteiger partial charge in [0, 0.05) is 24.7 Å². The molecule has 1 heterocycles. The Morgan fingerprint density at radius 3 is 2.08 bits per heavy atom. The number of amides is 2. The average molecular weight is 348 g/mol. The Labute approximate surface area is 146 Å². The Morgan fingerprint density at radius 2 is 1.62 bits per heavy atom. The summed E-state index contributed by atoms with van der Waals surface area (Å²) in [5, 5.41) is 0.244. The first kappa shape index (κ1) is 17.9. The van der Waals surface area contributed by atoms with Crippen LogP contribution in [-0.4, -0.2) is 54.0 Å². The fourth-order valence-corrected chi connectivity index (χ4v) is 2.90. The summed E-state index contributed by atoms with van der Waals surface area (Å²) in [6, 6.07) is 5.18. The SMILES string of the molecule is CCN1C(=O)C(=Cc2ccc(OC)cc2OC)C(=O)N(CC)C1=S. The summed E-state index contributed by atoms with van der Waals surface area (Å²) in [6.45, 7) is 4.44. The third-order valence-corrected chi connectivity index (χ3v) is 4.23. The predicted molar refractivity (Wildman–Crippen MR) is 94.9 cm³/mol. The monoisotopic (exact) mass is 348 g/mol. The lowest BCUT2D eigenvalue weighted by atomic mass is 10.1. The Morgan fingerprint density at radius 1 is 1.04 bits per heavy atom. The average Bonchev–Trinajstić information content (AvgIpc) is 2.59. The fourth-order valence-electron chi connectivity index (χ4n) is 2.48. The molecule has 0 aromatic heterocycles. The highest BCUT2D eigenvalue weighted by Crippen LogP contribution is 2.28. The van der Waals surface area contributed by atoms with E-state index in [1.54, 1.807) is 25.3 Å². The van der Waals surface area contributed by atoms with Gasteiger partial charge in [-0.2, -0.15) is 0 Å². The summed E-state index contributed by atoms with van der Waals surface area (Å²) in [5.41, 5.74) is 0.686. The van der Waals surface area contributed by atoms with Gasteiger partial charge in [-0.25, -0.2) is 0 Å². The maximum Gasteiger partial charge on any atom is 0.265 e. The first-order valence-corrected chi connectivity index (χ1v) is 8.00. The summed E-state index contributed by atoms with van der Waals surface area (Å²) >= 11 is 5.24. The van der Waals surface area contributed by atoms with Gasteiger partial charge in [0.15, 0.2) is 5.11 Å². The number of hydrogen-bond acceptors (Lipinski definition) is 5. The van der Waals surface area contributed by atoms with Gasteiger partial charge in [0.05, 0.1) is 14.2 Å². The van der Waals surface area contributed by atoms with Crippen LogP contribution in [0.15, 0.2) is 23.8 Å². The van der Waals surface area contributed by atoms with Crippen LogP contribution < -0.4 is 9.47 Å². The quantitative estimate of drug-likeness (QED) is 0.463. The standard InChI is InChI=1S/C17H20N2O4S/c1-5-18-15(20)13(16(21)19(6-2)17(18)24)9-11-7-8-12(22-3)10-14(11)23-4/h7-10H,5-6H2,1-4H3. The number of nitrogens with zero attached hydrogens (tertiary/aromatic N) is 2. The molecule has 0 aliphatic carbocycles. The molecule has 1 fully saturated rings. The number of benzene rings is 1. The number of hydrogen-bond donors (Lipinski definition) is 0. The molecule has 0 radical (unpaired) electrons. The number of carbonyl (C=O) groups excluding carboxylic acids is 2. The van der Waals surface area contributed by atoms with Crippen molar-refractivity contribution in [3.8, 4) is 11.5 Å². The molecule has 2 amide bonds. The molecule has 128 valence electrons. The molecule has 0 saturated carbocycles. The largest absolute Gasteiger partial charge is 0.497 e. The summed E-state index contributed by atoms with van der Waals surface area (Å²) in [4.78, 5) is 28.1. The van der Waals surface area contributed by atoms with E-state index >= 15 is 0 Å². The van der Waals surface area contributed by atoms with Crippen molar-refractivity contribution in [2.24, 2.45) is 0 Å². The van der Waals surface area contributed by atoms with Crippen molar-refractivity contribution in [1.29, 1.82) is 0 Å². The van der Waals surface area contributed by atoms with Crippen LogP contribution in [0.25, 0.3) is 6.08 Å². The Kier molecular flexibility index (Phi) is 5.56. The van der Waals surface area contributed by atoms with Gasteiger partial charge < -0.3 is 9.47 Å². The molecular formula is C17H20N2O4S. The second-order valence-corrected chi connectivity index (χ2v) is 5.41. The van der Waals surface area contributed by atoms with E-state index in [-0.39, 0.29) is 10.7 Å². The van der Waals surface area contributed by atoms with Gasteiger partial charge in [0.2, 0.25) is 0 Å². The molecule has 0 unspecified atom stereocenters. The zero-order valence-electron chi connectivity index (χ0n) is 14.2.